The SMILES string of the molecule is CC(=O)NCCc1c[nH]c2c(Br)cc(C)cc12.CC1=NCCc2c1[nH]c1c(Br)cc(C)cc21. The van der Waals surface area contributed by atoms with Gasteiger partial charge >= 0.3 is 0 Å². The minimum atomic E-state index is 0.0159. The highest BCUT2D eigenvalue weighted by Gasteiger charge is 2.18. The minimum absolute atomic E-state index is 0.0159. The number of carbonyl (C=O) groups excluding carboxylic acids is 1. The van der Waals surface area contributed by atoms with Crippen LogP contribution in [-0.2, 0) is 17.6 Å². The van der Waals surface area contributed by atoms with E-state index in [0.717, 1.165) is 39.6 Å². The van der Waals surface area contributed by atoms with E-state index >= 15 is 0 Å². The molecule has 0 saturated carbocycles. The quantitative estimate of drug-likeness (QED) is 0.257. The van der Waals surface area contributed by atoms with Gasteiger partial charge in [-0.1, -0.05) is 0 Å². The van der Waals surface area contributed by atoms with Crippen LogP contribution in [-0.4, -0.2) is 34.7 Å². The number of H-pyrrole nitrogens is 2. The summed E-state index contributed by atoms with van der Waals surface area (Å²) in [6.45, 7) is 9.41. The Morgan fingerprint density at radius 3 is 2.39 bits per heavy atom. The molecular weight excluding hydrogens is 544 g/mol. The van der Waals surface area contributed by atoms with E-state index in [-0.39, 0.29) is 5.91 Å². The zero-order valence-corrected chi connectivity index (χ0v) is 22.5. The van der Waals surface area contributed by atoms with Crippen LogP contribution in [0.1, 0.15) is 41.8 Å². The zero-order chi connectivity index (χ0) is 23.7. The summed E-state index contributed by atoms with van der Waals surface area (Å²) in [7, 11) is 0. The number of halogens is 2. The normalized spacial score (nSPS) is 12.8. The predicted molar refractivity (Wildman–Crippen MR) is 145 cm³/mol. The third-order valence-electron chi connectivity index (χ3n) is 5.92. The molecule has 0 atom stereocenters. The van der Waals surface area contributed by atoms with Crippen LogP contribution >= 0.6 is 31.9 Å². The third-order valence-corrected chi connectivity index (χ3v) is 7.17. The maximum Gasteiger partial charge on any atom is 0.216 e. The van der Waals surface area contributed by atoms with Gasteiger partial charge in [-0.3, -0.25) is 9.79 Å². The van der Waals surface area contributed by atoms with Crippen molar-refractivity contribution in [3.8, 4) is 0 Å². The number of fused-ring (bicyclic) bond motifs is 4. The average Bonchev–Trinajstić information content (AvgIpc) is 3.31. The second-order valence-electron chi connectivity index (χ2n) is 8.58. The molecule has 1 aliphatic rings. The summed E-state index contributed by atoms with van der Waals surface area (Å²) in [5.41, 5.74) is 9.84. The van der Waals surface area contributed by atoms with Gasteiger partial charge in [0.15, 0.2) is 0 Å². The van der Waals surface area contributed by atoms with Crippen molar-refractivity contribution in [2.75, 3.05) is 13.1 Å². The number of aryl methyl sites for hydroxylation is 2. The van der Waals surface area contributed by atoms with Crippen molar-refractivity contribution in [2.24, 2.45) is 4.99 Å². The third kappa shape index (κ3) is 5.09. The van der Waals surface area contributed by atoms with Crippen LogP contribution in [0.2, 0.25) is 0 Å². The molecule has 172 valence electrons. The molecular formula is C26H28Br2N4O. The fourth-order valence-electron chi connectivity index (χ4n) is 4.38. The number of aliphatic imine (C=N–C) groups is 1. The first-order valence-corrected chi connectivity index (χ1v) is 12.7. The number of hydrogen-bond acceptors (Lipinski definition) is 2. The van der Waals surface area contributed by atoms with Crippen LogP contribution in [0.15, 0.2) is 44.4 Å². The summed E-state index contributed by atoms with van der Waals surface area (Å²) < 4.78 is 2.22. The molecule has 2 aromatic carbocycles. The second kappa shape index (κ2) is 9.85. The van der Waals surface area contributed by atoms with Crippen LogP contribution in [0.4, 0.5) is 0 Å². The summed E-state index contributed by atoms with van der Waals surface area (Å²) in [4.78, 5) is 22.1. The van der Waals surface area contributed by atoms with Crippen molar-refractivity contribution in [3.05, 3.63) is 67.4 Å². The molecule has 7 heteroatoms. The standard InChI is InChI=1S/C13H15BrN2O.C13H13BrN2/c1-8-5-11-10(3-4-15-9(2)17)7-16-13(11)12(14)6-8;1-7-5-10-9-3-4-15-8(2)12(9)16-13(10)11(14)6-7/h5-7,16H,3-4H2,1-2H3,(H,15,17);5-6,16H,3-4H2,1-2H3. The molecule has 0 bridgehead atoms. The number of rotatable bonds is 3. The molecule has 0 unspecified atom stereocenters. The maximum atomic E-state index is 10.8. The van der Waals surface area contributed by atoms with E-state index in [2.05, 4.69) is 97.2 Å². The van der Waals surface area contributed by atoms with Gasteiger partial charge in [0.25, 0.3) is 0 Å². The highest BCUT2D eigenvalue weighted by molar-refractivity contribution is 9.11. The molecule has 5 nitrogen and oxygen atoms in total. The summed E-state index contributed by atoms with van der Waals surface area (Å²) in [5, 5.41) is 5.38. The Morgan fingerprint density at radius 1 is 1.03 bits per heavy atom. The monoisotopic (exact) mass is 570 g/mol. The van der Waals surface area contributed by atoms with Gasteiger partial charge in [-0.25, -0.2) is 0 Å². The number of amides is 1. The number of aromatic nitrogens is 2. The molecule has 0 fully saturated rings. The number of nitrogens with one attached hydrogen (secondary N) is 3. The first-order chi connectivity index (χ1) is 15.7. The number of carbonyl (C=O) groups is 1. The van der Waals surface area contributed by atoms with Gasteiger partial charge in [-0.15, -0.1) is 0 Å². The number of benzene rings is 2. The lowest BCUT2D eigenvalue weighted by Gasteiger charge is -2.09. The molecule has 33 heavy (non-hydrogen) atoms. The van der Waals surface area contributed by atoms with Crippen molar-refractivity contribution in [1.82, 2.24) is 15.3 Å². The van der Waals surface area contributed by atoms with Crippen molar-refractivity contribution < 1.29 is 4.79 Å². The Labute approximate surface area is 210 Å². The van der Waals surface area contributed by atoms with Crippen LogP contribution < -0.4 is 5.32 Å². The van der Waals surface area contributed by atoms with Crippen molar-refractivity contribution in [3.63, 3.8) is 0 Å². The fourth-order valence-corrected chi connectivity index (χ4v) is 5.75. The number of aromatic amines is 2. The molecule has 4 aromatic rings. The van der Waals surface area contributed by atoms with E-state index in [1.807, 2.05) is 6.20 Å². The molecule has 0 radical (unpaired) electrons. The van der Waals surface area contributed by atoms with Crippen LogP contribution in [0.3, 0.4) is 0 Å². The highest BCUT2D eigenvalue weighted by atomic mass is 79.9. The predicted octanol–water partition coefficient (Wildman–Crippen LogP) is 6.52. The lowest BCUT2D eigenvalue weighted by atomic mass is 10.0. The Hall–Kier alpha value is -2.38. The van der Waals surface area contributed by atoms with Gasteiger partial charge in [0, 0.05) is 45.9 Å². The minimum Gasteiger partial charge on any atom is -0.360 e. The second-order valence-corrected chi connectivity index (χ2v) is 10.3. The van der Waals surface area contributed by atoms with Gasteiger partial charge in [0.2, 0.25) is 5.91 Å². The van der Waals surface area contributed by atoms with E-state index < -0.39 is 0 Å². The number of nitrogens with zero attached hydrogens (tertiary/aromatic N) is 1. The summed E-state index contributed by atoms with van der Waals surface area (Å²) in [6.07, 6.45) is 3.90. The molecule has 0 spiro atoms. The van der Waals surface area contributed by atoms with Crippen LogP contribution in [0, 0.1) is 13.8 Å². The lowest BCUT2D eigenvalue weighted by Crippen LogP contribution is -2.22. The van der Waals surface area contributed by atoms with Crippen molar-refractivity contribution in [2.45, 2.75) is 40.5 Å². The Bertz CT molecular complexity index is 1380. The fraction of sp³-hybridized carbons (Fsp3) is 0.308. The summed E-state index contributed by atoms with van der Waals surface area (Å²) >= 11 is 7.17. The van der Waals surface area contributed by atoms with Gasteiger partial charge in [-0.05, 0) is 112 Å². The first kappa shape index (κ1) is 23.8. The Kier molecular flexibility index (Phi) is 7.10. The molecule has 0 aliphatic carbocycles. The smallest absolute Gasteiger partial charge is 0.216 e. The molecule has 1 aliphatic heterocycles. The largest absolute Gasteiger partial charge is 0.360 e. The van der Waals surface area contributed by atoms with E-state index in [0.29, 0.717) is 6.54 Å². The van der Waals surface area contributed by atoms with E-state index in [9.17, 15) is 4.79 Å². The van der Waals surface area contributed by atoms with Gasteiger partial charge in [0.05, 0.1) is 22.4 Å². The van der Waals surface area contributed by atoms with E-state index in [4.69, 9.17) is 0 Å². The number of hydrogen-bond donors (Lipinski definition) is 3. The highest BCUT2D eigenvalue weighted by Crippen LogP contribution is 2.32. The summed E-state index contributed by atoms with van der Waals surface area (Å²) in [5.74, 6) is 0.0159. The molecule has 2 aromatic heterocycles. The van der Waals surface area contributed by atoms with E-state index in [1.54, 1.807) is 0 Å². The lowest BCUT2D eigenvalue weighted by molar-refractivity contribution is -0.118. The Balaban J connectivity index is 0.000000157. The molecule has 0 saturated heterocycles. The van der Waals surface area contributed by atoms with Gasteiger partial charge in [0.1, 0.15) is 0 Å². The molecule has 3 heterocycles. The van der Waals surface area contributed by atoms with Crippen molar-refractivity contribution in [1.29, 1.82) is 0 Å². The van der Waals surface area contributed by atoms with Crippen LogP contribution in [0.25, 0.3) is 21.8 Å². The average molecular weight is 572 g/mol. The molecule has 1 amide bonds. The van der Waals surface area contributed by atoms with E-state index in [1.165, 1.54) is 51.2 Å². The maximum absolute atomic E-state index is 10.8. The van der Waals surface area contributed by atoms with Crippen LogP contribution in [0.5, 0.6) is 0 Å². The van der Waals surface area contributed by atoms with Crippen molar-refractivity contribution >= 4 is 65.3 Å². The topological polar surface area (TPSA) is 73.0 Å². The molecule has 3 N–H and O–H groups in total. The first-order valence-electron chi connectivity index (χ1n) is 11.1. The Morgan fingerprint density at radius 2 is 1.70 bits per heavy atom. The van der Waals surface area contributed by atoms with Gasteiger partial charge in [-0.2, -0.15) is 0 Å². The summed E-state index contributed by atoms with van der Waals surface area (Å²) in [6, 6.07) is 8.67. The zero-order valence-electron chi connectivity index (χ0n) is 19.3. The molecule has 5 rings (SSSR count). The van der Waals surface area contributed by atoms with Gasteiger partial charge < -0.3 is 15.3 Å².